The lowest BCUT2D eigenvalue weighted by Crippen LogP contribution is -2.30. The van der Waals surface area contributed by atoms with Crippen molar-refractivity contribution < 1.29 is 21.6 Å². The van der Waals surface area contributed by atoms with Crippen molar-refractivity contribution in [3.05, 3.63) is 65.5 Å². The van der Waals surface area contributed by atoms with Crippen molar-refractivity contribution in [2.75, 3.05) is 7.05 Å². The third-order valence-corrected chi connectivity index (χ3v) is 5.39. The van der Waals surface area contributed by atoms with E-state index in [1.807, 2.05) is 0 Å². The molecule has 2 aromatic rings. The molecule has 2 rings (SSSR count). The molecular weight excluding hydrogens is 315 g/mol. The van der Waals surface area contributed by atoms with Gasteiger partial charge in [0.15, 0.2) is 11.6 Å². The summed E-state index contributed by atoms with van der Waals surface area (Å²) in [4.78, 5) is -0.345. The second kappa shape index (κ2) is 6.10. The Labute approximate surface area is 127 Å². The number of rotatable bonds is 4. The van der Waals surface area contributed by atoms with Crippen LogP contribution in [0.15, 0.2) is 47.4 Å². The summed E-state index contributed by atoms with van der Waals surface area (Å²) in [6.07, 6.45) is 0. The van der Waals surface area contributed by atoms with Gasteiger partial charge < -0.3 is 0 Å². The summed E-state index contributed by atoms with van der Waals surface area (Å²) in [7, 11) is -2.68. The van der Waals surface area contributed by atoms with Crippen LogP contribution in [0.5, 0.6) is 0 Å². The van der Waals surface area contributed by atoms with Crippen LogP contribution in [-0.4, -0.2) is 19.8 Å². The summed E-state index contributed by atoms with van der Waals surface area (Å²) in [5.74, 6) is -2.78. The predicted octanol–water partition coefficient (Wildman–Crippen LogP) is 3.49. The molecule has 3 nitrogen and oxygen atoms in total. The third kappa shape index (κ3) is 3.15. The molecule has 0 radical (unpaired) electrons. The first-order valence-electron chi connectivity index (χ1n) is 6.42. The Morgan fingerprint density at radius 3 is 2.09 bits per heavy atom. The zero-order chi connectivity index (χ0) is 16.5. The molecule has 22 heavy (non-hydrogen) atoms. The lowest BCUT2D eigenvalue weighted by molar-refractivity contribution is 0.397. The highest BCUT2D eigenvalue weighted by atomic mass is 32.2. The molecule has 0 saturated carbocycles. The second-order valence-corrected chi connectivity index (χ2v) is 6.82. The van der Waals surface area contributed by atoms with Gasteiger partial charge in [0, 0.05) is 13.1 Å². The van der Waals surface area contributed by atoms with Crippen molar-refractivity contribution in [3.8, 4) is 0 Å². The molecule has 2 aromatic carbocycles. The van der Waals surface area contributed by atoms with Crippen LogP contribution in [-0.2, 0) is 10.0 Å². The summed E-state index contributed by atoms with van der Waals surface area (Å²) in [5.41, 5.74) is 0.579. The van der Waals surface area contributed by atoms with Gasteiger partial charge in [-0.05, 0) is 42.8 Å². The molecule has 0 aromatic heterocycles. The minimum absolute atomic E-state index is 0.345. The van der Waals surface area contributed by atoms with E-state index < -0.39 is 33.5 Å². The topological polar surface area (TPSA) is 37.4 Å². The molecule has 118 valence electrons. The molecule has 0 fully saturated rings. The lowest BCUT2D eigenvalue weighted by Gasteiger charge is -2.24. The summed E-state index contributed by atoms with van der Waals surface area (Å²) < 4.78 is 65.0. The van der Waals surface area contributed by atoms with Crippen LogP contribution in [0.4, 0.5) is 13.2 Å². The molecule has 0 N–H and O–H groups in total. The van der Waals surface area contributed by atoms with Crippen LogP contribution >= 0.6 is 0 Å². The predicted molar refractivity (Wildman–Crippen MR) is 76.1 cm³/mol. The highest BCUT2D eigenvalue weighted by Gasteiger charge is 2.27. The van der Waals surface area contributed by atoms with Gasteiger partial charge in [-0.1, -0.05) is 12.1 Å². The molecule has 0 aliphatic heterocycles. The Kier molecular flexibility index (Phi) is 4.58. The molecule has 1 atom stereocenters. The molecule has 7 heteroatoms. The minimum atomic E-state index is -4.00. The molecule has 0 aliphatic rings. The van der Waals surface area contributed by atoms with Crippen molar-refractivity contribution in [3.63, 3.8) is 0 Å². The van der Waals surface area contributed by atoms with E-state index in [1.54, 1.807) is 6.92 Å². The Morgan fingerprint density at radius 1 is 0.955 bits per heavy atom. The van der Waals surface area contributed by atoms with Gasteiger partial charge in [-0.15, -0.1) is 0 Å². The number of hydrogen-bond donors (Lipinski definition) is 0. The maximum absolute atomic E-state index is 13.2. The summed E-state index contributed by atoms with van der Waals surface area (Å²) in [6, 6.07) is 7.19. The molecule has 0 aliphatic carbocycles. The lowest BCUT2D eigenvalue weighted by atomic mass is 10.1. The SMILES string of the molecule is CC(c1ccc(F)cc1)N(C)S(=O)(=O)c1ccc(F)c(F)c1. The first-order valence-corrected chi connectivity index (χ1v) is 7.86. The first kappa shape index (κ1) is 16.5. The van der Waals surface area contributed by atoms with Crippen molar-refractivity contribution in [2.45, 2.75) is 17.9 Å². The number of hydrogen-bond acceptors (Lipinski definition) is 2. The fraction of sp³-hybridized carbons (Fsp3) is 0.200. The smallest absolute Gasteiger partial charge is 0.207 e. The summed E-state index contributed by atoms with van der Waals surface area (Å²) >= 11 is 0. The van der Waals surface area contributed by atoms with Gasteiger partial charge in [0.2, 0.25) is 10.0 Å². The van der Waals surface area contributed by atoms with Crippen LogP contribution in [0, 0.1) is 17.5 Å². The fourth-order valence-electron chi connectivity index (χ4n) is 1.96. The number of nitrogens with zero attached hydrogens (tertiary/aromatic N) is 1. The van der Waals surface area contributed by atoms with Crippen LogP contribution in [0.1, 0.15) is 18.5 Å². The monoisotopic (exact) mass is 329 g/mol. The van der Waals surface area contributed by atoms with E-state index in [2.05, 4.69) is 0 Å². The van der Waals surface area contributed by atoms with Gasteiger partial charge >= 0.3 is 0 Å². The van der Waals surface area contributed by atoms with E-state index in [-0.39, 0.29) is 4.90 Å². The third-order valence-electron chi connectivity index (χ3n) is 3.47. The van der Waals surface area contributed by atoms with Gasteiger partial charge in [-0.3, -0.25) is 0 Å². The summed E-state index contributed by atoms with van der Waals surface area (Å²) in [6.45, 7) is 1.62. The highest BCUT2D eigenvalue weighted by molar-refractivity contribution is 7.89. The molecular formula is C15H14F3NO2S. The largest absolute Gasteiger partial charge is 0.243 e. The average molecular weight is 329 g/mol. The van der Waals surface area contributed by atoms with Crippen LogP contribution in [0.25, 0.3) is 0 Å². The van der Waals surface area contributed by atoms with Crippen molar-refractivity contribution >= 4 is 10.0 Å². The molecule has 0 spiro atoms. The van der Waals surface area contributed by atoms with E-state index >= 15 is 0 Å². The zero-order valence-corrected chi connectivity index (χ0v) is 12.7. The maximum atomic E-state index is 13.2. The normalized spacial score (nSPS) is 13.4. The Bertz CT molecular complexity index is 776. The molecule has 0 saturated heterocycles. The minimum Gasteiger partial charge on any atom is -0.207 e. The van der Waals surface area contributed by atoms with E-state index in [1.165, 1.54) is 31.3 Å². The van der Waals surface area contributed by atoms with Gasteiger partial charge in [-0.2, -0.15) is 4.31 Å². The van der Waals surface area contributed by atoms with E-state index in [0.717, 1.165) is 16.4 Å². The molecule has 0 bridgehead atoms. The van der Waals surface area contributed by atoms with Gasteiger partial charge in [0.05, 0.1) is 4.90 Å². The van der Waals surface area contributed by atoms with Crippen molar-refractivity contribution in [2.24, 2.45) is 0 Å². The van der Waals surface area contributed by atoms with Crippen molar-refractivity contribution in [1.29, 1.82) is 0 Å². The number of sulfonamides is 1. The van der Waals surface area contributed by atoms with Crippen LogP contribution in [0.3, 0.4) is 0 Å². The molecule has 0 heterocycles. The summed E-state index contributed by atoms with van der Waals surface area (Å²) in [5, 5.41) is 0. The Morgan fingerprint density at radius 2 is 1.55 bits per heavy atom. The number of halogens is 3. The van der Waals surface area contributed by atoms with Gasteiger partial charge in [0.1, 0.15) is 5.82 Å². The Balaban J connectivity index is 2.35. The van der Waals surface area contributed by atoms with Crippen molar-refractivity contribution in [1.82, 2.24) is 4.31 Å². The molecule has 0 amide bonds. The van der Waals surface area contributed by atoms with Crippen LogP contribution < -0.4 is 0 Å². The van der Waals surface area contributed by atoms with Gasteiger partial charge in [0.25, 0.3) is 0 Å². The standard InChI is InChI=1S/C15H14F3NO2S/c1-10(11-3-5-12(16)6-4-11)19(2)22(20,21)13-7-8-14(17)15(18)9-13/h3-10H,1-2H3. The fourth-order valence-corrected chi connectivity index (χ4v) is 3.33. The van der Waals surface area contributed by atoms with E-state index in [9.17, 15) is 21.6 Å². The average Bonchev–Trinajstić information content (AvgIpc) is 2.49. The van der Waals surface area contributed by atoms with Gasteiger partial charge in [-0.25, -0.2) is 21.6 Å². The maximum Gasteiger partial charge on any atom is 0.243 e. The first-order chi connectivity index (χ1) is 10.2. The molecule has 1 unspecified atom stereocenters. The van der Waals surface area contributed by atoms with E-state index in [0.29, 0.717) is 11.6 Å². The van der Waals surface area contributed by atoms with E-state index in [4.69, 9.17) is 0 Å². The zero-order valence-electron chi connectivity index (χ0n) is 11.9. The van der Waals surface area contributed by atoms with Crippen LogP contribution in [0.2, 0.25) is 0 Å². The highest BCUT2D eigenvalue weighted by Crippen LogP contribution is 2.26. The second-order valence-electron chi connectivity index (χ2n) is 4.82. The number of benzene rings is 2. The Hall–Kier alpha value is -1.86. The quantitative estimate of drug-likeness (QED) is 0.861.